The van der Waals surface area contributed by atoms with Crippen LogP contribution in [0, 0.1) is 11.7 Å². The molecule has 1 unspecified atom stereocenters. The third-order valence-corrected chi connectivity index (χ3v) is 7.10. The fourth-order valence-electron chi connectivity index (χ4n) is 4.14. The standard InChI is InChI=1S/C28H28ClFN4O5/c1-16(27(35)36)8-11-38-19-5-6-20(21(29)13-19)24-33-23-25(31-15-32-26(23)39-28(2)9-10-28)34(24)14-17-12-18(30)4-7-22(17)37-3/h4-7,12-13,15-16H,8-11,14H2,1-3H3,(H,35,36). The number of nitrogens with zero attached hydrogens (tertiary/aromatic N) is 4. The lowest BCUT2D eigenvalue weighted by atomic mass is 10.1. The van der Waals surface area contributed by atoms with Crippen LogP contribution in [0.1, 0.15) is 38.7 Å². The molecular formula is C28H28ClFN4O5. The molecule has 39 heavy (non-hydrogen) atoms. The van der Waals surface area contributed by atoms with Gasteiger partial charge >= 0.3 is 5.97 Å². The predicted octanol–water partition coefficient (Wildman–Crippen LogP) is 5.76. The lowest BCUT2D eigenvalue weighted by Gasteiger charge is -2.14. The zero-order valence-electron chi connectivity index (χ0n) is 21.8. The van der Waals surface area contributed by atoms with Crippen molar-refractivity contribution >= 4 is 28.7 Å². The lowest BCUT2D eigenvalue weighted by molar-refractivity contribution is -0.141. The Morgan fingerprint density at radius 1 is 1.23 bits per heavy atom. The van der Waals surface area contributed by atoms with E-state index in [4.69, 9.17) is 35.9 Å². The van der Waals surface area contributed by atoms with Crippen molar-refractivity contribution < 1.29 is 28.5 Å². The van der Waals surface area contributed by atoms with Gasteiger partial charge in [-0.25, -0.2) is 14.4 Å². The van der Waals surface area contributed by atoms with Gasteiger partial charge in [0.25, 0.3) is 0 Å². The van der Waals surface area contributed by atoms with E-state index < -0.39 is 17.7 Å². The molecule has 1 fully saturated rings. The number of carbonyl (C=O) groups is 1. The Morgan fingerprint density at radius 3 is 2.72 bits per heavy atom. The molecule has 2 aromatic carbocycles. The summed E-state index contributed by atoms with van der Waals surface area (Å²) < 4.78 is 33.4. The number of aromatic nitrogens is 4. The molecular weight excluding hydrogens is 527 g/mol. The van der Waals surface area contributed by atoms with Crippen molar-refractivity contribution in [3.8, 4) is 28.8 Å². The third-order valence-electron chi connectivity index (χ3n) is 6.79. The Balaban J connectivity index is 1.55. The van der Waals surface area contributed by atoms with Gasteiger partial charge in [-0.05, 0) is 62.6 Å². The van der Waals surface area contributed by atoms with Crippen molar-refractivity contribution in [3.63, 3.8) is 0 Å². The van der Waals surface area contributed by atoms with E-state index in [0.29, 0.717) is 56.9 Å². The van der Waals surface area contributed by atoms with Crippen LogP contribution in [-0.4, -0.2) is 49.9 Å². The van der Waals surface area contributed by atoms with Gasteiger partial charge in [-0.15, -0.1) is 0 Å². The highest BCUT2D eigenvalue weighted by Gasteiger charge is 2.41. The van der Waals surface area contributed by atoms with Gasteiger partial charge in [0.1, 0.15) is 35.1 Å². The van der Waals surface area contributed by atoms with E-state index >= 15 is 0 Å². The summed E-state index contributed by atoms with van der Waals surface area (Å²) in [6, 6.07) is 9.50. The topological polar surface area (TPSA) is 109 Å². The number of aliphatic carboxylic acids is 1. The number of ether oxygens (including phenoxy) is 3. The molecule has 204 valence electrons. The highest BCUT2D eigenvalue weighted by molar-refractivity contribution is 6.33. The number of fused-ring (bicyclic) bond motifs is 1. The van der Waals surface area contributed by atoms with E-state index in [1.807, 2.05) is 11.5 Å². The second kappa shape index (κ2) is 10.7. The minimum atomic E-state index is -0.872. The molecule has 0 spiro atoms. The first-order valence-corrected chi connectivity index (χ1v) is 12.9. The zero-order valence-corrected chi connectivity index (χ0v) is 22.5. The Labute approximate surface area is 229 Å². The summed E-state index contributed by atoms with van der Waals surface area (Å²) in [7, 11) is 1.53. The van der Waals surface area contributed by atoms with Crippen molar-refractivity contribution in [2.45, 2.75) is 45.3 Å². The molecule has 4 aromatic rings. The molecule has 11 heteroatoms. The van der Waals surface area contributed by atoms with E-state index in [9.17, 15) is 9.18 Å². The molecule has 1 aliphatic rings. The molecule has 1 N–H and O–H groups in total. The molecule has 0 bridgehead atoms. The maximum atomic E-state index is 14.2. The van der Waals surface area contributed by atoms with Gasteiger partial charge in [0.15, 0.2) is 11.2 Å². The van der Waals surface area contributed by atoms with Crippen LogP contribution >= 0.6 is 11.6 Å². The summed E-state index contributed by atoms with van der Waals surface area (Å²) in [6.07, 6.45) is 3.63. The van der Waals surface area contributed by atoms with E-state index in [2.05, 4.69) is 9.97 Å². The first kappa shape index (κ1) is 26.7. The Hall–Kier alpha value is -3.92. The molecule has 0 saturated heterocycles. The monoisotopic (exact) mass is 554 g/mol. The Kier molecular flexibility index (Phi) is 7.31. The number of imidazole rings is 1. The van der Waals surface area contributed by atoms with Crippen LogP contribution in [0.25, 0.3) is 22.6 Å². The number of hydrogen-bond donors (Lipinski definition) is 1. The summed E-state index contributed by atoms with van der Waals surface area (Å²) in [5.41, 5.74) is 1.88. The van der Waals surface area contributed by atoms with Gasteiger partial charge in [0, 0.05) is 11.1 Å². The number of benzene rings is 2. The fraction of sp³-hybridized carbons (Fsp3) is 0.357. The van der Waals surface area contributed by atoms with Crippen LogP contribution in [0.2, 0.25) is 5.02 Å². The molecule has 9 nitrogen and oxygen atoms in total. The number of rotatable bonds is 11. The highest BCUT2D eigenvalue weighted by atomic mass is 35.5. The molecule has 1 aliphatic carbocycles. The van der Waals surface area contributed by atoms with Crippen molar-refractivity contribution in [1.29, 1.82) is 0 Å². The van der Waals surface area contributed by atoms with Gasteiger partial charge in [0.2, 0.25) is 5.88 Å². The number of halogens is 2. The quantitative estimate of drug-likeness (QED) is 0.249. The van der Waals surface area contributed by atoms with Crippen molar-refractivity contribution in [3.05, 3.63) is 59.1 Å². The third kappa shape index (κ3) is 5.75. The largest absolute Gasteiger partial charge is 0.496 e. The average molecular weight is 555 g/mol. The van der Waals surface area contributed by atoms with Gasteiger partial charge in [0.05, 0.1) is 31.2 Å². The van der Waals surface area contributed by atoms with Gasteiger partial charge < -0.3 is 23.9 Å². The Bertz CT molecular complexity index is 1540. The molecule has 1 saturated carbocycles. The average Bonchev–Trinajstić information content (AvgIpc) is 3.52. The SMILES string of the molecule is COc1ccc(F)cc1Cn1c(-c2ccc(OCCC(C)C(=O)O)cc2Cl)nc2c(OC3(C)CC3)ncnc21. The molecule has 0 aliphatic heterocycles. The van der Waals surface area contributed by atoms with Gasteiger partial charge in [-0.3, -0.25) is 4.79 Å². The fourth-order valence-corrected chi connectivity index (χ4v) is 4.40. The summed E-state index contributed by atoms with van der Waals surface area (Å²) in [4.78, 5) is 24.7. The lowest BCUT2D eigenvalue weighted by Crippen LogP contribution is -2.13. The normalized spacial score (nSPS) is 14.7. The van der Waals surface area contributed by atoms with E-state index in [-0.39, 0.29) is 18.8 Å². The zero-order chi connectivity index (χ0) is 27.7. The first-order valence-electron chi connectivity index (χ1n) is 12.6. The number of methoxy groups -OCH3 is 1. The summed E-state index contributed by atoms with van der Waals surface area (Å²) in [6.45, 7) is 4.08. The van der Waals surface area contributed by atoms with E-state index in [0.717, 1.165) is 12.8 Å². The summed E-state index contributed by atoms with van der Waals surface area (Å²) in [5.74, 6) is 0.0899. The van der Waals surface area contributed by atoms with Crippen LogP contribution in [0.15, 0.2) is 42.7 Å². The molecule has 0 radical (unpaired) electrons. The first-order chi connectivity index (χ1) is 18.7. The number of carboxylic acid groups (broad SMARTS) is 1. The second-order valence-corrected chi connectivity index (χ2v) is 10.3. The van der Waals surface area contributed by atoms with Crippen molar-refractivity contribution in [2.24, 2.45) is 5.92 Å². The van der Waals surface area contributed by atoms with Crippen LogP contribution in [0.4, 0.5) is 4.39 Å². The smallest absolute Gasteiger partial charge is 0.306 e. The molecule has 2 aromatic heterocycles. The van der Waals surface area contributed by atoms with Crippen LogP contribution in [-0.2, 0) is 11.3 Å². The summed E-state index contributed by atoms with van der Waals surface area (Å²) >= 11 is 6.72. The second-order valence-electron chi connectivity index (χ2n) is 9.90. The van der Waals surface area contributed by atoms with Gasteiger partial charge in [-0.1, -0.05) is 18.5 Å². The summed E-state index contributed by atoms with van der Waals surface area (Å²) in [5, 5.41) is 9.44. The maximum Gasteiger partial charge on any atom is 0.306 e. The molecule has 2 heterocycles. The number of hydrogen-bond acceptors (Lipinski definition) is 7. The maximum absolute atomic E-state index is 14.2. The Morgan fingerprint density at radius 2 is 2.03 bits per heavy atom. The number of carboxylic acids is 1. The van der Waals surface area contributed by atoms with E-state index in [1.165, 1.54) is 25.6 Å². The van der Waals surface area contributed by atoms with Crippen LogP contribution in [0.5, 0.6) is 17.4 Å². The van der Waals surface area contributed by atoms with Crippen molar-refractivity contribution in [2.75, 3.05) is 13.7 Å². The van der Waals surface area contributed by atoms with E-state index in [1.54, 1.807) is 31.2 Å². The molecule has 0 amide bonds. The minimum absolute atomic E-state index is 0.197. The highest BCUT2D eigenvalue weighted by Crippen LogP contribution is 2.41. The van der Waals surface area contributed by atoms with Crippen LogP contribution < -0.4 is 14.2 Å². The van der Waals surface area contributed by atoms with Crippen molar-refractivity contribution in [1.82, 2.24) is 19.5 Å². The predicted molar refractivity (Wildman–Crippen MR) is 143 cm³/mol. The van der Waals surface area contributed by atoms with Crippen LogP contribution in [0.3, 0.4) is 0 Å². The molecule has 1 atom stereocenters. The molecule has 5 rings (SSSR count). The van der Waals surface area contributed by atoms with Gasteiger partial charge in [-0.2, -0.15) is 4.98 Å². The minimum Gasteiger partial charge on any atom is -0.496 e.